The van der Waals surface area contributed by atoms with Gasteiger partial charge in [0.05, 0.1) is 12.3 Å². The predicted octanol–water partition coefficient (Wildman–Crippen LogP) is 6.22. The third kappa shape index (κ3) is 7.61. The van der Waals surface area contributed by atoms with Crippen molar-refractivity contribution in [3.05, 3.63) is 41.6 Å². The Balaban J connectivity index is 2.76. The van der Waals surface area contributed by atoms with Gasteiger partial charge in [-0.25, -0.2) is 4.79 Å². The maximum atomic E-state index is 12.0. The summed E-state index contributed by atoms with van der Waals surface area (Å²) in [6.07, 6.45) is 3.25. The van der Waals surface area contributed by atoms with Gasteiger partial charge in [-0.05, 0) is 57.1 Å². The minimum atomic E-state index is -1.75. The molecule has 5 heteroatoms. The standard InChI is InChI=1S/C21H33NO3Si/c1-20(2,3)25-19(23)22-18-15-10-9-13-17(18)14-11-12-16-24-26(7,8)21(4,5)6/h9-10,12-15H,16H2,1-8H3,(H,22,23). The normalized spacial score (nSPS) is 12.2. The van der Waals surface area contributed by atoms with Crippen LogP contribution in [0, 0.1) is 0 Å². The molecular formula is C21H33NO3Si. The molecule has 1 aromatic carbocycles. The number of hydrogen-bond acceptors (Lipinski definition) is 3. The summed E-state index contributed by atoms with van der Waals surface area (Å²) in [6, 6.07) is 7.54. The number of nitrogens with one attached hydrogen (secondary N) is 1. The average molecular weight is 376 g/mol. The lowest BCUT2D eigenvalue weighted by Crippen LogP contribution is -2.40. The fraction of sp³-hybridized carbons (Fsp3) is 0.524. The largest absolute Gasteiger partial charge is 0.444 e. The SMILES string of the molecule is CC(C)(C)OC(=O)Nc1ccccc1C=C=CCO[Si](C)(C)C(C)(C)C. The molecule has 144 valence electrons. The Hall–Kier alpha value is -1.81. The zero-order valence-corrected chi connectivity index (χ0v) is 18.4. The van der Waals surface area contributed by atoms with E-state index in [0.717, 1.165) is 5.56 Å². The van der Waals surface area contributed by atoms with Gasteiger partial charge < -0.3 is 9.16 Å². The number of hydrogen-bond donors (Lipinski definition) is 1. The average Bonchev–Trinajstić information content (AvgIpc) is 2.45. The second-order valence-electron chi connectivity index (χ2n) is 8.80. The molecule has 0 unspecified atom stereocenters. The number of para-hydroxylation sites is 1. The highest BCUT2D eigenvalue weighted by atomic mass is 28.4. The van der Waals surface area contributed by atoms with E-state index >= 15 is 0 Å². The first-order valence-corrected chi connectivity index (χ1v) is 11.9. The number of carbonyl (C=O) groups excluding carboxylic acids is 1. The molecule has 0 saturated carbocycles. The van der Waals surface area contributed by atoms with Crippen LogP contribution in [0.3, 0.4) is 0 Å². The molecule has 0 bridgehead atoms. The van der Waals surface area contributed by atoms with Crippen molar-refractivity contribution in [3.8, 4) is 0 Å². The van der Waals surface area contributed by atoms with Crippen molar-refractivity contribution in [2.75, 3.05) is 11.9 Å². The Bertz CT molecular complexity index is 675. The molecule has 1 N–H and O–H groups in total. The number of ether oxygens (including phenoxy) is 1. The molecule has 1 aromatic rings. The molecule has 0 atom stereocenters. The van der Waals surface area contributed by atoms with Crippen molar-refractivity contribution in [2.24, 2.45) is 0 Å². The van der Waals surface area contributed by atoms with E-state index in [0.29, 0.717) is 12.3 Å². The van der Waals surface area contributed by atoms with E-state index in [1.807, 2.05) is 57.2 Å². The van der Waals surface area contributed by atoms with Crippen LogP contribution in [-0.4, -0.2) is 26.6 Å². The highest BCUT2D eigenvalue weighted by Gasteiger charge is 2.36. The molecular weight excluding hydrogens is 342 g/mol. The van der Waals surface area contributed by atoms with Crippen LogP contribution in [0.1, 0.15) is 47.1 Å². The third-order valence-electron chi connectivity index (χ3n) is 4.29. The van der Waals surface area contributed by atoms with Gasteiger partial charge in [0, 0.05) is 5.56 Å². The Labute approximate surface area is 159 Å². The molecule has 4 nitrogen and oxygen atoms in total. The first kappa shape index (κ1) is 22.2. The van der Waals surface area contributed by atoms with Gasteiger partial charge in [0.25, 0.3) is 0 Å². The minimum Gasteiger partial charge on any atom is -0.444 e. The highest BCUT2D eigenvalue weighted by Crippen LogP contribution is 2.36. The van der Waals surface area contributed by atoms with Crippen molar-refractivity contribution in [2.45, 2.75) is 65.3 Å². The summed E-state index contributed by atoms with van der Waals surface area (Å²) in [5.41, 5.74) is 4.16. The second kappa shape index (κ2) is 8.72. The van der Waals surface area contributed by atoms with Crippen molar-refractivity contribution >= 4 is 26.2 Å². The fourth-order valence-corrected chi connectivity index (χ4v) is 2.75. The summed E-state index contributed by atoms with van der Waals surface area (Å²) in [6.45, 7) is 17.2. The number of amides is 1. The van der Waals surface area contributed by atoms with E-state index in [2.05, 4.69) is 44.9 Å². The molecule has 0 aliphatic carbocycles. The van der Waals surface area contributed by atoms with Gasteiger partial charge in [0.15, 0.2) is 8.32 Å². The van der Waals surface area contributed by atoms with Crippen molar-refractivity contribution in [3.63, 3.8) is 0 Å². The van der Waals surface area contributed by atoms with E-state index in [4.69, 9.17) is 9.16 Å². The van der Waals surface area contributed by atoms with Crippen molar-refractivity contribution < 1.29 is 14.0 Å². The van der Waals surface area contributed by atoms with Gasteiger partial charge >= 0.3 is 6.09 Å². The summed E-state index contributed by atoms with van der Waals surface area (Å²) in [7, 11) is -1.75. The Kier molecular flexibility index (Phi) is 7.45. The summed E-state index contributed by atoms with van der Waals surface area (Å²) < 4.78 is 11.4. The minimum absolute atomic E-state index is 0.189. The van der Waals surface area contributed by atoms with Crippen LogP contribution in [0.5, 0.6) is 0 Å². The lowest BCUT2D eigenvalue weighted by molar-refractivity contribution is 0.0636. The highest BCUT2D eigenvalue weighted by molar-refractivity contribution is 6.74. The molecule has 0 aromatic heterocycles. The molecule has 0 heterocycles. The smallest absolute Gasteiger partial charge is 0.412 e. The molecule has 0 spiro atoms. The summed E-state index contributed by atoms with van der Waals surface area (Å²) in [5, 5.41) is 2.97. The molecule has 1 amide bonds. The molecule has 0 saturated heterocycles. The number of benzene rings is 1. The van der Waals surface area contributed by atoms with E-state index in [-0.39, 0.29) is 5.04 Å². The van der Waals surface area contributed by atoms with Crippen LogP contribution in [-0.2, 0) is 9.16 Å². The van der Waals surface area contributed by atoms with Crippen LogP contribution in [0.2, 0.25) is 18.1 Å². The van der Waals surface area contributed by atoms with Gasteiger partial charge in [-0.3, -0.25) is 5.32 Å². The topological polar surface area (TPSA) is 47.6 Å². The lowest BCUT2D eigenvalue weighted by Gasteiger charge is -2.35. The van der Waals surface area contributed by atoms with Crippen LogP contribution in [0.15, 0.2) is 36.1 Å². The van der Waals surface area contributed by atoms with Crippen LogP contribution >= 0.6 is 0 Å². The van der Waals surface area contributed by atoms with E-state index in [1.54, 1.807) is 0 Å². The molecule has 26 heavy (non-hydrogen) atoms. The predicted molar refractivity (Wildman–Crippen MR) is 112 cm³/mol. The quantitative estimate of drug-likeness (QED) is 0.490. The monoisotopic (exact) mass is 375 g/mol. The maximum absolute atomic E-state index is 12.0. The summed E-state index contributed by atoms with van der Waals surface area (Å²) in [5.74, 6) is 0. The van der Waals surface area contributed by atoms with E-state index in [1.165, 1.54) is 0 Å². The molecule has 0 fully saturated rings. The zero-order valence-electron chi connectivity index (χ0n) is 17.4. The molecule has 0 aliphatic rings. The van der Waals surface area contributed by atoms with Crippen molar-refractivity contribution in [1.82, 2.24) is 0 Å². The maximum Gasteiger partial charge on any atom is 0.412 e. The fourth-order valence-electron chi connectivity index (χ4n) is 1.81. The Morgan fingerprint density at radius 2 is 1.77 bits per heavy atom. The first-order valence-electron chi connectivity index (χ1n) is 8.96. The number of carbonyl (C=O) groups is 1. The zero-order chi connectivity index (χ0) is 20.0. The first-order chi connectivity index (χ1) is 11.8. The van der Waals surface area contributed by atoms with Crippen LogP contribution in [0.25, 0.3) is 6.08 Å². The van der Waals surface area contributed by atoms with Gasteiger partial charge in [-0.15, -0.1) is 5.73 Å². The molecule has 0 aliphatic heterocycles. The molecule has 0 radical (unpaired) electrons. The van der Waals surface area contributed by atoms with Crippen LogP contribution < -0.4 is 5.32 Å². The van der Waals surface area contributed by atoms with Gasteiger partial charge in [0.2, 0.25) is 0 Å². The summed E-state index contributed by atoms with van der Waals surface area (Å²) in [4.78, 5) is 12.0. The van der Waals surface area contributed by atoms with E-state index in [9.17, 15) is 4.79 Å². The molecule has 1 rings (SSSR count). The van der Waals surface area contributed by atoms with E-state index < -0.39 is 20.0 Å². The van der Waals surface area contributed by atoms with Gasteiger partial charge in [-0.1, -0.05) is 39.0 Å². The van der Waals surface area contributed by atoms with Crippen molar-refractivity contribution in [1.29, 1.82) is 0 Å². The van der Waals surface area contributed by atoms with Gasteiger partial charge in [0.1, 0.15) is 5.60 Å². The number of anilines is 1. The summed E-state index contributed by atoms with van der Waals surface area (Å²) >= 11 is 0. The van der Waals surface area contributed by atoms with Gasteiger partial charge in [-0.2, -0.15) is 0 Å². The van der Waals surface area contributed by atoms with Crippen LogP contribution in [0.4, 0.5) is 10.5 Å². The Morgan fingerprint density at radius 3 is 2.35 bits per heavy atom. The lowest BCUT2D eigenvalue weighted by atomic mass is 10.1. The Morgan fingerprint density at radius 1 is 1.15 bits per heavy atom. The third-order valence-corrected chi connectivity index (χ3v) is 8.79. The second-order valence-corrected chi connectivity index (χ2v) is 13.6. The number of rotatable bonds is 5.